The molecule has 130 valence electrons. The summed E-state index contributed by atoms with van der Waals surface area (Å²) in [6.07, 6.45) is 1.62. The Bertz CT molecular complexity index is 858. The molecule has 1 aromatic carbocycles. The van der Waals surface area contributed by atoms with Crippen LogP contribution in [0.4, 0.5) is 0 Å². The third-order valence-electron chi connectivity index (χ3n) is 4.71. The minimum Gasteiger partial charge on any atom is -0.496 e. The first kappa shape index (κ1) is 17.0. The molecule has 0 N–H and O–H groups in total. The van der Waals surface area contributed by atoms with Crippen LogP contribution in [0.5, 0.6) is 5.75 Å². The van der Waals surface area contributed by atoms with E-state index in [1.165, 1.54) is 0 Å². The van der Waals surface area contributed by atoms with Crippen LogP contribution in [0.3, 0.4) is 0 Å². The third-order valence-corrected chi connectivity index (χ3v) is 6.87. The molecule has 2 heterocycles. The Balaban J connectivity index is 2.07. The number of methoxy groups -OCH3 is 1. The average Bonchev–Trinajstić information content (AvgIpc) is 3.13. The van der Waals surface area contributed by atoms with Crippen molar-refractivity contribution in [3.8, 4) is 5.75 Å². The Morgan fingerprint density at radius 3 is 2.58 bits per heavy atom. The van der Waals surface area contributed by atoms with E-state index in [0.29, 0.717) is 22.8 Å². The monoisotopic (exact) mass is 349 g/mol. The molecule has 1 saturated heterocycles. The second-order valence-corrected chi connectivity index (χ2v) is 7.97. The second kappa shape index (κ2) is 6.22. The molecule has 2 aromatic rings. The molecule has 1 aliphatic rings. The predicted molar refractivity (Wildman–Crippen MR) is 91.5 cm³/mol. The van der Waals surface area contributed by atoms with Crippen molar-refractivity contribution in [2.24, 2.45) is 7.05 Å². The number of para-hydroxylation sites is 1. The van der Waals surface area contributed by atoms with Gasteiger partial charge in [0.15, 0.2) is 0 Å². The lowest BCUT2D eigenvalue weighted by molar-refractivity contribution is 0.366. The van der Waals surface area contributed by atoms with Gasteiger partial charge in [0, 0.05) is 19.2 Å². The van der Waals surface area contributed by atoms with E-state index < -0.39 is 10.0 Å². The van der Waals surface area contributed by atoms with E-state index in [-0.39, 0.29) is 6.04 Å². The van der Waals surface area contributed by atoms with Gasteiger partial charge in [0.1, 0.15) is 10.6 Å². The topological polar surface area (TPSA) is 64.4 Å². The Morgan fingerprint density at radius 1 is 1.25 bits per heavy atom. The van der Waals surface area contributed by atoms with Crippen molar-refractivity contribution in [3.63, 3.8) is 0 Å². The molecule has 24 heavy (non-hydrogen) atoms. The number of aryl methyl sites for hydroxylation is 2. The van der Waals surface area contributed by atoms with Gasteiger partial charge in [-0.2, -0.15) is 9.40 Å². The van der Waals surface area contributed by atoms with Crippen molar-refractivity contribution in [1.82, 2.24) is 14.1 Å². The number of nitrogens with zero attached hydrogens (tertiary/aromatic N) is 3. The number of sulfonamides is 1. The maximum absolute atomic E-state index is 13.3. The molecule has 3 rings (SSSR count). The summed E-state index contributed by atoms with van der Waals surface area (Å²) < 4.78 is 35.3. The van der Waals surface area contributed by atoms with Crippen LogP contribution in [0.1, 0.15) is 35.8 Å². The van der Waals surface area contributed by atoms with Gasteiger partial charge in [0.25, 0.3) is 0 Å². The molecule has 0 aliphatic carbocycles. The first-order valence-corrected chi connectivity index (χ1v) is 9.47. The summed E-state index contributed by atoms with van der Waals surface area (Å²) in [5.74, 6) is 0.726. The van der Waals surface area contributed by atoms with Crippen LogP contribution < -0.4 is 4.74 Å². The fraction of sp³-hybridized carbons (Fsp3) is 0.471. The largest absolute Gasteiger partial charge is 0.496 e. The van der Waals surface area contributed by atoms with E-state index in [1.54, 1.807) is 37.0 Å². The molecular formula is C17H23N3O3S. The molecule has 6 nitrogen and oxygen atoms in total. The first-order chi connectivity index (χ1) is 11.4. The van der Waals surface area contributed by atoms with Crippen molar-refractivity contribution in [3.05, 3.63) is 41.2 Å². The van der Waals surface area contributed by atoms with Crippen LogP contribution in [0.25, 0.3) is 0 Å². The molecule has 1 aliphatic heterocycles. The summed E-state index contributed by atoms with van der Waals surface area (Å²) in [4.78, 5) is 0.326. The fourth-order valence-electron chi connectivity index (χ4n) is 3.53. The SMILES string of the molecule is COc1ccccc1[C@H]1CCCN1S(=O)(=O)c1c(C)nn(C)c1C. The Hall–Kier alpha value is -1.86. The van der Waals surface area contributed by atoms with Crippen LogP contribution in [-0.2, 0) is 17.1 Å². The predicted octanol–water partition coefficient (Wildman–Crippen LogP) is 2.57. The molecule has 0 unspecified atom stereocenters. The minimum absolute atomic E-state index is 0.204. The van der Waals surface area contributed by atoms with Gasteiger partial charge >= 0.3 is 0 Å². The van der Waals surface area contributed by atoms with E-state index in [4.69, 9.17) is 4.74 Å². The summed E-state index contributed by atoms with van der Waals surface area (Å²) >= 11 is 0. The normalized spacial score (nSPS) is 18.9. The third kappa shape index (κ3) is 2.61. The van der Waals surface area contributed by atoms with Gasteiger partial charge in [-0.1, -0.05) is 18.2 Å². The van der Waals surface area contributed by atoms with E-state index in [0.717, 1.165) is 24.2 Å². The maximum Gasteiger partial charge on any atom is 0.247 e. The Kier molecular flexibility index (Phi) is 4.40. The van der Waals surface area contributed by atoms with Crippen molar-refractivity contribution in [1.29, 1.82) is 0 Å². The smallest absolute Gasteiger partial charge is 0.247 e. The highest BCUT2D eigenvalue weighted by Crippen LogP contribution is 2.41. The van der Waals surface area contributed by atoms with Gasteiger partial charge in [-0.05, 0) is 32.8 Å². The summed E-state index contributed by atoms with van der Waals surface area (Å²) in [5.41, 5.74) is 2.12. The molecule has 0 bridgehead atoms. The summed E-state index contributed by atoms with van der Waals surface area (Å²) in [6, 6.07) is 7.43. The number of ether oxygens (including phenoxy) is 1. The van der Waals surface area contributed by atoms with Crippen LogP contribution in [0.2, 0.25) is 0 Å². The van der Waals surface area contributed by atoms with Gasteiger partial charge in [-0.15, -0.1) is 0 Å². The number of benzene rings is 1. The highest BCUT2D eigenvalue weighted by molar-refractivity contribution is 7.89. The lowest BCUT2D eigenvalue weighted by atomic mass is 10.0. The number of aromatic nitrogens is 2. The molecule has 0 amide bonds. The number of hydrogen-bond acceptors (Lipinski definition) is 4. The van der Waals surface area contributed by atoms with Gasteiger partial charge in [-0.25, -0.2) is 8.42 Å². The lowest BCUT2D eigenvalue weighted by Crippen LogP contribution is -2.31. The standard InChI is InChI=1S/C17H23N3O3S/c1-12-17(13(2)19(3)18-12)24(21,22)20-11-7-9-15(20)14-8-5-6-10-16(14)23-4/h5-6,8,10,15H,7,9,11H2,1-4H3/t15-/m1/s1. The molecule has 1 aromatic heterocycles. The van der Waals surface area contributed by atoms with Crippen molar-refractivity contribution >= 4 is 10.0 Å². The maximum atomic E-state index is 13.3. The highest BCUT2D eigenvalue weighted by atomic mass is 32.2. The van der Waals surface area contributed by atoms with Crippen molar-refractivity contribution < 1.29 is 13.2 Å². The second-order valence-electron chi connectivity index (χ2n) is 6.14. The van der Waals surface area contributed by atoms with Crippen LogP contribution >= 0.6 is 0 Å². The zero-order chi connectivity index (χ0) is 17.5. The number of rotatable bonds is 4. The quantitative estimate of drug-likeness (QED) is 0.851. The minimum atomic E-state index is -3.61. The van der Waals surface area contributed by atoms with Gasteiger partial charge in [-0.3, -0.25) is 4.68 Å². The molecule has 7 heteroatoms. The van der Waals surface area contributed by atoms with Gasteiger partial charge in [0.2, 0.25) is 10.0 Å². The zero-order valence-electron chi connectivity index (χ0n) is 14.5. The lowest BCUT2D eigenvalue weighted by Gasteiger charge is -2.25. The molecule has 1 fully saturated rings. The van der Waals surface area contributed by atoms with Crippen LogP contribution in [-0.4, -0.2) is 36.2 Å². The van der Waals surface area contributed by atoms with E-state index in [9.17, 15) is 8.42 Å². The molecular weight excluding hydrogens is 326 g/mol. The first-order valence-electron chi connectivity index (χ1n) is 8.03. The van der Waals surface area contributed by atoms with Gasteiger partial charge < -0.3 is 4.74 Å². The van der Waals surface area contributed by atoms with Crippen LogP contribution in [0, 0.1) is 13.8 Å². The Morgan fingerprint density at radius 2 is 1.96 bits per heavy atom. The molecule has 0 spiro atoms. The van der Waals surface area contributed by atoms with Crippen LogP contribution in [0.15, 0.2) is 29.2 Å². The van der Waals surface area contributed by atoms with E-state index in [1.807, 2.05) is 24.3 Å². The number of hydrogen-bond donors (Lipinski definition) is 0. The molecule has 0 saturated carbocycles. The summed E-state index contributed by atoms with van der Waals surface area (Å²) in [6.45, 7) is 4.05. The molecule has 0 radical (unpaired) electrons. The van der Waals surface area contributed by atoms with E-state index >= 15 is 0 Å². The highest BCUT2D eigenvalue weighted by Gasteiger charge is 2.39. The summed E-state index contributed by atoms with van der Waals surface area (Å²) in [7, 11) is -0.227. The van der Waals surface area contributed by atoms with Crippen molar-refractivity contribution in [2.45, 2.75) is 37.6 Å². The van der Waals surface area contributed by atoms with Crippen molar-refractivity contribution in [2.75, 3.05) is 13.7 Å². The Labute approximate surface area is 143 Å². The zero-order valence-corrected chi connectivity index (χ0v) is 15.3. The average molecular weight is 349 g/mol. The summed E-state index contributed by atoms with van der Waals surface area (Å²) in [5, 5.41) is 4.27. The molecule has 1 atom stereocenters. The fourth-order valence-corrected chi connectivity index (χ4v) is 5.60. The van der Waals surface area contributed by atoms with E-state index in [2.05, 4.69) is 5.10 Å². The van der Waals surface area contributed by atoms with Gasteiger partial charge in [0.05, 0.1) is 24.5 Å².